The molecule has 7 heteroatoms. The van der Waals surface area contributed by atoms with Crippen LogP contribution in [0.15, 0.2) is 36.8 Å². The summed E-state index contributed by atoms with van der Waals surface area (Å²) < 4.78 is 14.2. The fourth-order valence-corrected chi connectivity index (χ4v) is 4.85. The molecule has 1 atom stereocenters. The van der Waals surface area contributed by atoms with Crippen LogP contribution in [-0.4, -0.2) is 44.6 Å². The summed E-state index contributed by atoms with van der Waals surface area (Å²) in [4.78, 5) is 8.77. The molecule has 1 aliphatic heterocycles. The van der Waals surface area contributed by atoms with Crippen molar-refractivity contribution in [2.45, 2.75) is 57.2 Å². The first kappa shape index (κ1) is 20.3. The zero-order valence-electron chi connectivity index (χ0n) is 18.1. The van der Waals surface area contributed by atoms with Crippen LogP contribution >= 0.6 is 0 Å². The van der Waals surface area contributed by atoms with Crippen LogP contribution in [0.3, 0.4) is 0 Å². The van der Waals surface area contributed by atoms with Crippen LogP contribution in [0.1, 0.15) is 51.0 Å². The Labute approximate surface area is 182 Å². The molecule has 3 heterocycles. The number of aliphatic hydroxyl groups excluding tert-OH is 1. The van der Waals surface area contributed by atoms with Crippen molar-refractivity contribution in [1.82, 2.24) is 14.5 Å². The van der Waals surface area contributed by atoms with Gasteiger partial charge in [-0.1, -0.05) is 6.07 Å². The Hall–Kier alpha value is -2.64. The lowest BCUT2D eigenvalue weighted by atomic mass is 9.72. The highest BCUT2D eigenvalue weighted by Gasteiger charge is 2.33. The van der Waals surface area contributed by atoms with Crippen molar-refractivity contribution in [2.75, 3.05) is 18.9 Å². The van der Waals surface area contributed by atoms with Gasteiger partial charge in [0.25, 0.3) is 0 Å². The van der Waals surface area contributed by atoms with Gasteiger partial charge in [-0.05, 0) is 69.1 Å². The zero-order valence-corrected chi connectivity index (χ0v) is 18.1. The van der Waals surface area contributed by atoms with Gasteiger partial charge in [0.1, 0.15) is 24.2 Å². The van der Waals surface area contributed by atoms with Gasteiger partial charge in [-0.3, -0.25) is 0 Å². The molecular formula is C24H30N4O3. The number of aromatic nitrogens is 3. The molecule has 2 aliphatic rings. The molecule has 1 unspecified atom stereocenters. The van der Waals surface area contributed by atoms with E-state index in [9.17, 15) is 5.11 Å². The van der Waals surface area contributed by atoms with Crippen LogP contribution in [-0.2, 0) is 4.74 Å². The predicted octanol–water partition coefficient (Wildman–Crippen LogP) is 3.83. The van der Waals surface area contributed by atoms with E-state index in [2.05, 4.69) is 34.6 Å². The topological polar surface area (TPSA) is 95.4 Å². The molecule has 1 saturated heterocycles. The molecule has 0 bridgehead atoms. The number of benzene rings is 1. The summed E-state index contributed by atoms with van der Waals surface area (Å²) in [6.07, 6.45) is 7.78. The van der Waals surface area contributed by atoms with Crippen molar-refractivity contribution in [1.29, 1.82) is 0 Å². The summed E-state index contributed by atoms with van der Waals surface area (Å²) in [7, 11) is 0. The summed E-state index contributed by atoms with van der Waals surface area (Å²) in [5, 5.41) is 9.41. The smallest absolute Gasteiger partial charge is 0.151 e. The molecule has 2 aromatic heterocycles. The van der Waals surface area contributed by atoms with Gasteiger partial charge in [0.2, 0.25) is 0 Å². The summed E-state index contributed by atoms with van der Waals surface area (Å²) in [6.45, 7) is 5.04. The van der Waals surface area contributed by atoms with Crippen LogP contribution in [0.4, 0.5) is 5.82 Å². The van der Waals surface area contributed by atoms with E-state index < -0.39 is 0 Å². The predicted molar refractivity (Wildman–Crippen MR) is 120 cm³/mol. The van der Waals surface area contributed by atoms with Crippen molar-refractivity contribution < 1.29 is 14.6 Å². The van der Waals surface area contributed by atoms with Crippen molar-refractivity contribution >= 4 is 16.9 Å². The third kappa shape index (κ3) is 3.88. The molecule has 5 rings (SSSR count). The molecule has 164 valence electrons. The van der Waals surface area contributed by atoms with E-state index in [0.29, 0.717) is 24.3 Å². The number of rotatable bonds is 6. The maximum absolute atomic E-state index is 9.41. The fourth-order valence-electron chi connectivity index (χ4n) is 4.85. The minimum Gasteiger partial charge on any atom is -0.491 e. The second kappa shape index (κ2) is 7.80. The number of nitrogens with zero attached hydrogens (tertiary/aromatic N) is 3. The van der Waals surface area contributed by atoms with E-state index in [1.165, 1.54) is 11.9 Å². The van der Waals surface area contributed by atoms with E-state index >= 15 is 0 Å². The van der Waals surface area contributed by atoms with Crippen LogP contribution in [0.25, 0.3) is 16.7 Å². The second-order valence-electron chi connectivity index (χ2n) is 9.47. The molecule has 3 aromatic rings. The standard InChI is InChI=1S/C24H30N4O3/c1-24(2)7-6-19(31-24)13-30-18-5-3-4-17(10-18)28-11-20(16-8-15(9-16)12-29)21-22(28)23(25)27-14-26-21/h3-5,10-11,14-16,19,29H,6-9,12-13H2,1-2H3,(H2,25,26,27). The van der Waals surface area contributed by atoms with E-state index in [-0.39, 0.29) is 18.3 Å². The first-order valence-corrected chi connectivity index (χ1v) is 11.1. The number of aliphatic hydroxyl groups is 1. The highest BCUT2D eigenvalue weighted by Crippen LogP contribution is 2.44. The molecule has 0 spiro atoms. The lowest BCUT2D eigenvalue weighted by Gasteiger charge is -2.33. The molecule has 3 N–H and O–H groups in total. The third-order valence-corrected chi connectivity index (χ3v) is 6.65. The van der Waals surface area contributed by atoms with Crippen LogP contribution in [0.2, 0.25) is 0 Å². The second-order valence-corrected chi connectivity index (χ2v) is 9.47. The van der Waals surface area contributed by atoms with Crippen LogP contribution < -0.4 is 10.5 Å². The zero-order chi connectivity index (χ0) is 21.6. The minimum atomic E-state index is -0.0651. The number of nitrogen functional groups attached to an aromatic ring is 1. The van der Waals surface area contributed by atoms with E-state index in [1.54, 1.807) is 0 Å². The molecular weight excluding hydrogens is 392 g/mol. The van der Waals surface area contributed by atoms with Gasteiger partial charge in [0.05, 0.1) is 17.2 Å². The number of hydrogen-bond donors (Lipinski definition) is 2. The Morgan fingerprint density at radius 2 is 2.13 bits per heavy atom. The summed E-state index contributed by atoms with van der Waals surface area (Å²) >= 11 is 0. The number of anilines is 1. The normalized spacial score (nSPS) is 24.9. The average Bonchev–Trinajstić information content (AvgIpc) is 3.27. The van der Waals surface area contributed by atoms with Crippen molar-refractivity contribution in [2.24, 2.45) is 5.92 Å². The maximum Gasteiger partial charge on any atom is 0.151 e. The number of ether oxygens (including phenoxy) is 2. The number of fused-ring (bicyclic) bond motifs is 1. The molecule has 0 radical (unpaired) electrons. The molecule has 7 nitrogen and oxygen atoms in total. The van der Waals surface area contributed by atoms with Crippen molar-refractivity contribution in [3.63, 3.8) is 0 Å². The van der Waals surface area contributed by atoms with Crippen LogP contribution in [0, 0.1) is 5.92 Å². The Morgan fingerprint density at radius 1 is 1.29 bits per heavy atom. The molecule has 1 saturated carbocycles. The lowest BCUT2D eigenvalue weighted by Crippen LogP contribution is -2.24. The molecule has 0 amide bonds. The molecule has 1 aliphatic carbocycles. The SMILES string of the molecule is CC1(C)CCC(COc2cccc(-n3cc(C4CC(CO)C4)c4ncnc(N)c43)c2)O1. The quantitative estimate of drug-likeness (QED) is 0.627. The Bertz CT molecular complexity index is 1090. The van der Waals surface area contributed by atoms with Gasteiger partial charge in [-0.2, -0.15) is 0 Å². The van der Waals surface area contributed by atoms with Gasteiger partial charge in [-0.25, -0.2) is 9.97 Å². The highest BCUT2D eigenvalue weighted by atomic mass is 16.6. The summed E-state index contributed by atoms with van der Waals surface area (Å²) in [6, 6.07) is 8.01. The van der Waals surface area contributed by atoms with E-state index in [1.807, 2.05) is 24.3 Å². The Morgan fingerprint density at radius 3 is 2.87 bits per heavy atom. The monoisotopic (exact) mass is 422 g/mol. The molecule has 1 aromatic carbocycles. The highest BCUT2D eigenvalue weighted by molar-refractivity contribution is 5.90. The molecule has 31 heavy (non-hydrogen) atoms. The van der Waals surface area contributed by atoms with Gasteiger partial charge in [0.15, 0.2) is 5.82 Å². The largest absolute Gasteiger partial charge is 0.491 e. The first-order chi connectivity index (χ1) is 14.9. The Balaban J connectivity index is 1.42. The first-order valence-electron chi connectivity index (χ1n) is 11.1. The van der Waals surface area contributed by atoms with Gasteiger partial charge in [-0.15, -0.1) is 0 Å². The third-order valence-electron chi connectivity index (χ3n) is 6.65. The van der Waals surface area contributed by atoms with Crippen molar-refractivity contribution in [3.8, 4) is 11.4 Å². The van der Waals surface area contributed by atoms with Crippen molar-refractivity contribution in [3.05, 3.63) is 42.4 Å². The Kier molecular flexibility index (Phi) is 5.10. The average molecular weight is 423 g/mol. The summed E-state index contributed by atoms with van der Waals surface area (Å²) in [5.74, 6) is 2.02. The van der Waals surface area contributed by atoms with Gasteiger partial charge < -0.3 is 24.9 Å². The van der Waals surface area contributed by atoms with E-state index in [4.69, 9.17) is 15.2 Å². The van der Waals surface area contributed by atoms with Crippen LogP contribution in [0.5, 0.6) is 5.75 Å². The number of hydrogen-bond acceptors (Lipinski definition) is 6. The maximum atomic E-state index is 9.41. The van der Waals surface area contributed by atoms with E-state index in [0.717, 1.165) is 48.2 Å². The number of nitrogens with two attached hydrogens (primary N) is 1. The fraction of sp³-hybridized carbons (Fsp3) is 0.500. The molecule has 2 fully saturated rings. The summed E-state index contributed by atoms with van der Waals surface area (Å²) in [5.41, 5.74) is 10.0. The van der Waals surface area contributed by atoms with Gasteiger partial charge in [0, 0.05) is 24.6 Å². The minimum absolute atomic E-state index is 0.0651. The lowest BCUT2D eigenvalue weighted by molar-refractivity contribution is -0.0326. The van der Waals surface area contributed by atoms with Gasteiger partial charge >= 0.3 is 0 Å².